The van der Waals surface area contributed by atoms with E-state index in [2.05, 4.69) is 11.3 Å². The summed E-state index contributed by atoms with van der Waals surface area (Å²) in [5.74, 6) is 0.952. The van der Waals surface area contributed by atoms with Crippen LogP contribution in [0.3, 0.4) is 0 Å². The third-order valence-corrected chi connectivity index (χ3v) is 8.12. The topological polar surface area (TPSA) is 85.3 Å². The number of hydrogen-bond acceptors (Lipinski definition) is 6. The molecule has 1 aliphatic rings. The molecule has 7 nitrogen and oxygen atoms in total. The van der Waals surface area contributed by atoms with Gasteiger partial charge in [-0.3, -0.25) is 9.69 Å². The minimum Gasteiger partial charge on any atom is -0.493 e. The SMILES string of the molecule is CCCCCCCOc1cc(C=C2SC(=NS(=O)(=O)c3ccc(C)cc3)N(CC)C2=O)ccc1OC. The Bertz CT molecular complexity index is 1220. The minimum atomic E-state index is -3.95. The fourth-order valence-corrected chi connectivity index (χ4v) is 5.90. The highest BCUT2D eigenvalue weighted by Crippen LogP contribution is 2.35. The van der Waals surface area contributed by atoms with E-state index in [-0.39, 0.29) is 16.0 Å². The second kappa shape index (κ2) is 13.0. The number of carbonyl (C=O) groups is 1. The van der Waals surface area contributed by atoms with Gasteiger partial charge in [0.05, 0.1) is 23.5 Å². The zero-order valence-electron chi connectivity index (χ0n) is 21.3. The predicted octanol–water partition coefficient (Wildman–Crippen LogP) is 6.03. The Morgan fingerprint density at radius 1 is 1.00 bits per heavy atom. The summed E-state index contributed by atoms with van der Waals surface area (Å²) < 4.78 is 41.1. The number of rotatable bonds is 12. The van der Waals surface area contributed by atoms with Gasteiger partial charge in [-0.25, -0.2) is 0 Å². The lowest BCUT2D eigenvalue weighted by molar-refractivity contribution is -0.122. The Morgan fingerprint density at radius 2 is 1.72 bits per heavy atom. The lowest BCUT2D eigenvalue weighted by atomic mass is 10.1. The monoisotopic (exact) mass is 530 g/mol. The number of likely N-dealkylation sites (N-methyl/N-ethyl adjacent to an activating group) is 1. The second-order valence-electron chi connectivity index (χ2n) is 8.50. The molecule has 1 saturated heterocycles. The largest absolute Gasteiger partial charge is 0.493 e. The molecule has 36 heavy (non-hydrogen) atoms. The van der Waals surface area contributed by atoms with Crippen molar-refractivity contribution < 1.29 is 22.7 Å². The molecule has 1 amide bonds. The normalized spacial score (nSPS) is 16.2. The van der Waals surface area contributed by atoms with Crippen molar-refractivity contribution in [2.75, 3.05) is 20.3 Å². The molecule has 2 aromatic carbocycles. The highest BCUT2D eigenvalue weighted by Gasteiger charge is 2.34. The number of aryl methyl sites for hydroxylation is 1. The number of sulfonamides is 1. The number of amides is 1. The molecule has 0 bridgehead atoms. The quantitative estimate of drug-likeness (QED) is 0.246. The second-order valence-corrected chi connectivity index (χ2v) is 11.1. The first kappa shape index (κ1) is 27.8. The van der Waals surface area contributed by atoms with Crippen LogP contribution >= 0.6 is 11.8 Å². The molecule has 0 atom stereocenters. The first-order valence-corrected chi connectivity index (χ1v) is 14.5. The van der Waals surface area contributed by atoms with Crippen LogP contribution in [0.25, 0.3) is 6.08 Å². The molecule has 0 N–H and O–H groups in total. The van der Waals surface area contributed by atoms with Gasteiger partial charge in [-0.05, 0) is 67.9 Å². The van der Waals surface area contributed by atoms with E-state index in [4.69, 9.17) is 9.47 Å². The Morgan fingerprint density at radius 3 is 2.39 bits per heavy atom. The average Bonchev–Trinajstić information content (AvgIpc) is 3.14. The average molecular weight is 531 g/mol. The van der Waals surface area contributed by atoms with Crippen LogP contribution in [0.2, 0.25) is 0 Å². The maximum atomic E-state index is 13.0. The van der Waals surface area contributed by atoms with Gasteiger partial charge in [0.1, 0.15) is 0 Å². The molecule has 0 saturated carbocycles. The van der Waals surface area contributed by atoms with Crippen LogP contribution in [0.1, 0.15) is 57.1 Å². The summed E-state index contributed by atoms with van der Waals surface area (Å²) in [6, 6.07) is 12.0. The molecule has 194 valence electrons. The molecule has 1 heterocycles. The van der Waals surface area contributed by atoms with Gasteiger partial charge in [0, 0.05) is 6.54 Å². The Labute approximate surface area is 218 Å². The van der Waals surface area contributed by atoms with Gasteiger partial charge in [0.2, 0.25) is 0 Å². The van der Waals surface area contributed by atoms with E-state index in [9.17, 15) is 13.2 Å². The van der Waals surface area contributed by atoms with E-state index < -0.39 is 10.0 Å². The summed E-state index contributed by atoms with van der Waals surface area (Å²) in [7, 11) is -2.36. The number of thioether (sulfide) groups is 1. The van der Waals surface area contributed by atoms with E-state index in [1.54, 1.807) is 38.3 Å². The van der Waals surface area contributed by atoms with Crippen molar-refractivity contribution in [2.45, 2.75) is 57.8 Å². The number of carbonyl (C=O) groups excluding carboxylic acids is 1. The summed E-state index contributed by atoms with van der Waals surface area (Å²) in [4.78, 5) is 14.9. The van der Waals surface area contributed by atoms with Gasteiger partial charge in [0.25, 0.3) is 15.9 Å². The van der Waals surface area contributed by atoms with Crippen LogP contribution in [-0.4, -0.2) is 44.7 Å². The van der Waals surface area contributed by atoms with Crippen LogP contribution in [0.5, 0.6) is 11.5 Å². The highest BCUT2D eigenvalue weighted by molar-refractivity contribution is 8.19. The van der Waals surface area contributed by atoms with Crippen molar-refractivity contribution in [3.63, 3.8) is 0 Å². The van der Waals surface area contributed by atoms with Crippen LogP contribution in [0.15, 0.2) is 56.7 Å². The molecule has 1 fully saturated rings. The number of benzene rings is 2. The van der Waals surface area contributed by atoms with Gasteiger partial charge >= 0.3 is 0 Å². The number of amidine groups is 1. The summed E-state index contributed by atoms with van der Waals surface area (Å²) in [6.07, 6.45) is 7.42. The van der Waals surface area contributed by atoms with E-state index >= 15 is 0 Å². The number of nitrogens with zero attached hydrogens (tertiary/aromatic N) is 2. The van der Waals surface area contributed by atoms with E-state index in [0.717, 1.165) is 35.7 Å². The summed E-state index contributed by atoms with van der Waals surface area (Å²) >= 11 is 1.05. The molecule has 3 rings (SSSR count). The summed E-state index contributed by atoms with van der Waals surface area (Å²) in [6.45, 7) is 6.75. The van der Waals surface area contributed by atoms with Crippen molar-refractivity contribution in [3.8, 4) is 11.5 Å². The van der Waals surface area contributed by atoms with E-state index in [1.165, 1.54) is 36.3 Å². The summed E-state index contributed by atoms with van der Waals surface area (Å²) in [5, 5.41) is 0.145. The third kappa shape index (κ3) is 7.13. The Balaban J connectivity index is 1.81. The minimum absolute atomic E-state index is 0.0915. The molecule has 1 aliphatic heterocycles. The fourth-order valence-electron chi connectivity index (χ4n) is 3.66. The predicted molar refractivity (Wildman–Crippen MR) is 146 cm³/mol. The fraction of sp³-hybridized carbons (Fsp3) is 0.407. The van der Waals surface area contributed by atoms with Crippen LogP contribution in [0, 0.1) is 6.92 Å². The molecule has 0 aliphatic carbocycles. The Kier molecular flexibility index (Phi) is 10.0. The maximum Gasteiger partial charge on any atom is 0.284 e. The van der Waals surface area contributed by atoms with E-state index in [0.29, 0.717) is 29.6 Å². The summed E-state index contributed by atoms with van der Waals surface area (Å²) in [5.41, 5.74) is 1.71. The van der Waals surface area contributed by atoms with Gasteiger partial charge in [-0.2, -0.15) is 8.42 Å². The van der Waals surface area contributed by atoms with Crippen LogP contribution < -0.4 is 9.47 Å². The van der Waals surface area contributed by atoms with Crippen molar-refractivity contribution in [3.05, 3.63) is 58.5 Å². The molecule has 0 aromatic heterocycles. The zero-order chi connectivity index (χ0) is 26.1. The highest BCUT2D eigenvalue weighted by atomic mass is 32.2. The van der Waals surface area contributed by atoms with Gasteiger partial charge in [-0.1, -0.05) is 56.4 Å². The number of hydrogen-bond donors (Lipinski definition) is 0. The van der Waals surface area contributed by atoms with Crippen molar-refractivity contribution >= 4 is 38.9 Å². The zero-order valence-corrected chi connectivity index (χ0v) is 23.0. The lowest BCUT2D eigenvalue weighted by Crippen LogP contribution is -2.29. The van der Waals surface area contributed by atoms with Gasteiger partial charge in [-0.15, -0.1) is 4.40 Å². The molecular formula is C27H34N2O5S2. The van der Waals surface area contributed by atoms with Crippen molar-refractivity contribution in [2.24, 2.45) is 4.40 Å². The molecule has 0 unspecified atom stereocenters. The Hall–Kier alpha value is -2.78. The maximum absolute atomic E-state index is 13.0. The van der Waals surface area contributed by atoms with Crippen molar-refractivity contribution in [1.82, 2.24) is 4.90 Å². The van der Waals surface area contributed by atoms with Gasteiger partial charge in [0.15, 0.2) is 16.7 Å². The van der Waals surface area contributed by atoms with Gasteiger partial charge < -0.3 is 9.47 Å². The first-order valence-electron chi connectivity index (χ1n) is 12.2. The smallest absolute Gasteiger partial charge is 0.284 e. The number of methoxy groups -OCH3 is 1. The van der Waals surface area contributed by atoms with Crippen molar-refractivity contribution in [1.29, 1.82) is 0 Å². The van der Waals surface area contributed by atoms with Crippen LogP contribution in [0.4, 0.5) is 0 Å². The lowest BCUT2D eigenvalue weighted by Gasteiger charge is -2.12. The molecule has 0 spiro atoms. The van der Waals surface area contributed by atoms with Crippen LogP contribution in [-0.2, 0) is 14.8 Å². The molecular weight excluding hydrogens is 496 g/mol. The number of ether oxygens (including phenoxy) is 2. The van der Waals surface area contributed by atoms with E-state index in [1.807, 2.05) is 19.1 Å². The first-order chi connectivity index (χ1) is 17.3. The molecule has 0 radical (unpaired) electrons. The molecule has 9 heteroatoms. The third-order valence-electron chi connectivity index (χ3n) is 5.71. The molecule has 2 aromatic rings. The standard InChI is InChI=1S/C27H34N2O5S2/c1-5-7-8-9-10-17-34-24-18-21(13-16-23(24)33-4)19-25-26(30)29(6-2)27(35-25)28-36(31,32)22-14-11-20(3)12-15-22/h11-16,18-19H,5-10,17H2,1-4H3. The number of unbranched alkanes of at least 4 members (excludes halogenated alkanes) is 4.